The van der Waals surface area contributed by atoms with Gasteiger partial charge in [0.25, 0.3) is 0 Å². The van der Waals surface area contributed by atoms with Crippen molar-refractivity contribution in [1.29, 1.82) is 0 Å². The molecule has 1 unspecified atom stereocenters. The average molecular weight is 466 g/mol. The van der Waals surface area contributed by atoms with Gasteiger partial charge in [0.2, 0.25) is 11.8 Å². The van der Waals surface area contributed by atoms with Crippen molar-refractivity contribution in [2.45, 2.75) is 50.7 Å². The van der Waals surface area contributed by atoms with E-state index in [2.05, 4.69) is 34.5 Å². The van der Waals surface area contributed by atoms with Crippen molar-refractivity contribution in [3.8, 4) is 11.5 Å². The first-order chi connectivity index (χ1) is 16.6. The number of benzene rings is 2. The van der Waals surface area contributed by atoms with Gasteiger partial charge in [0.1, 0.15) is 6.42 Å². The third-order valence-corrected chi connectivity index (χ3v) is 6.82. The minimum absolute atomic E-state index is 0.0328. The molecule has 1 saturated heterocycles. The number of hydrogen-bond donors (Lipinski definition) is 1. The van der Waals surface area contributed by atoms with E-state index in [0.717, 1.165) is 36.4 Å². The Morgan fingerprint density at radius 2 is 1.79 bits per heavy atom. The SMILES string of the molecule is CNC(=O)CC(=O)N1CCN(c2ccc(OC)c(OC3CCCC3)c2)CC1Cc1ccccc1. The van der Waals surface area contributed by atoms with Gasteiger partial charge in [-0.25, -0.2) is 0 Å². The van der Waals surface area contributed by atoms with Crippen LogP contribution in [0.4, 0.5) is 5.69 Å². The average Bonchev–Trinajstić information content (AvgIpc) is 3.37. The highest BCUT2D eigenvalue weighted by Crippen LogP contribution is 2.35. The second kappa shape index (κ2) is 11.3. The quantitative estimate of drug-likeness (QED) is 0.605. The molecule has 2 fully saturated rings. The van der Waals surface area contributed by atoms with Gasteiger partial charge in [-0.1, -0.05) is 30.3 Å². The van der Waals surface area contributed by atoms with E-state index in [1.54, 1.807) is 14.2 Å². The Labute approximate surface area is 202 Å². The monoisotopic (exact) mass is 465 g/mol. The third kappa shape index (κ3) is 5.82. The first kappa shape index (κ1) is 23.9. The van der Waals surface area contributed by atoms with Crippen molar-refractivity contribution in [1.82, 2.24) is 10.2 Å². The molecule has 2 amide bonds. The molecule has 34 heavy (non-hydrogen) atoms. The Morgan fingerprint density at radius 1 is 1.03 bits per heavy atom. The number of methoxy groups -OCH3 is 1. The fraction of sp³-hybridized carbons (Fsp3) is 0.481. The Hall–Kier alpha value is -3.22. The molecule has 1 aliphatic carbocycles. The Kier molecular flexibility index (Phi) is 7.93. The van der Waals surface area contributed by atoms with E-state index < -0.39 is 0 Å². The molecule has 1 heterocycles. The standard InChI is InChI=1S/C27H35N3O4/c1-28-26(31)18-27(32)30-15-14-29(19-22(30)16-20-8-4-3-5-9-20)21-12-13-24(33-2)25(17-21)34-23-10-6-7-11-23/h3-5,8-9,12-13,17,22-23H,6-7,10-11,14-16,18-19H2,1-2H3,(H,28,31). The highest BCUT2D eigenvalue weighted by Gasteiger charge is 2.32. The van der Waals surface area contributed by atoms with Crippen molar-refractivity contribution in [3.05, 3.63) is 54.1 Å². The molecule has 1 atom stereocenters. The largest absolute Gasteiger partial charge is 0.493 e. The van der Waals surface area contributed by atoms with Crippen LogP contribution in [0, 0.1) is 0 Å². The van der Waals surface area contributed by atoms with Crippen LogP contribution in [0.15, 0.2) is 48.5 Å². The molecular formula is C27H35N3O4. The van der Waals surface area contributed by atoms with Crippen LogP contribution in [0.25, 0.3) is 0 Å². The minimum atomic E-state index is -0.255. The van der Waals surface area contributed by atoms with E-state index in [1.165, 1.54) is 18.4 Å². The van der Waals surface area contributed by atoms with Crippen LogP contribution in [0.5, 0.6) is 11.5 Å². The summed E-state index contributed by atoms with van der Waals surface area (Å²) in [6, 6.07) is 16.3. The van der Waals surface area contributed by atoms with Crippen LogP contribution in [0.3, 0.4) is 0 Å². The molecule has 1 aliphatic heterocycles. The lowest BCUT2D eigenvalue weighted by Gasteiger charge is -2.42. The van der Waals surface area contributed by atoms with E-state index >= 15 is 0 Å². The van der Waals surface area contributed by atoms with Gasteiger partial charge in [-0.3, -0.25) is 9.59 Å². The van der Waals surface area contributed by atoms with Crippen molar-refractivity contribution in [3.63, 3.8) is 0 Å². The van der Waals surface area contributed by atoms with Gasteiger partial charge < -0.3 is 24.6 Å². The molecule has 4 rings (SSSR count). The predicted molar refractivity (Wildman–Crippen MR) is 132 cm³/mol. The zero-order valence-electron chi connectivity index (χ0n) is 20.2. The normalized spacial score (nSPS) is 18.6. The maximum atomic E-state index is 13.0. The minimum Gasteiger partial charge on any atom is -0.493 e. The molecule has 2 aromatic carbocycles. The number of nitrogens with one attached hydrogen (secondary N) is 1. The summed E-state index contributed by atoms with van der Waals surface area (Å²) in [5, 5.41) is 2.56. The Bertz CT molecular complexity index is 975. The fourth-order valence-electron chi connectivity index (χ4n) is 4.95. The van der Waals surface area contributed by atoms with Gasteiger partial charge in [-0.15, -0.1) is 0 Å². The smallest absolute Gasteiger partial charge is 0.232 e. The summed E-state index contributed by atoms with van der Waals surface area (Å²) in [5.41, 5.74) is 2.23. The highest BCUT2D eigenvalue weighted by molar-refractivity contribution is 5.97. The van der Waals surface area contributed by atoms with Gasteiger partial charge in [0.05, 0.1) is 19.3 Å². The zero-order chi connectivity index (χ0) is 23.9. The molecule has 2 aliphatic rings. The number of hydrogen-bond acceptors (Lipinski definition) is 5. The van der Waals surface area contributed by atoms with E-state index in [4.69, 9.17) is 9.47 Å². The van der Waals surface area contributed by atoms with Crippen molar-refractivity contribution >= 4 is 17.5 Å². The number of ether oxygens (including phenoxy) is 2. The fourth-order valence-corrected chi connectivity index (χ4v) is 4.95. The molecule has 0 bridgehead atoms. The lowest BCUT2D eigenvalue weighted by molar-refractivity contribution is -0.138. The molecule has 0 aromatic heterocycles. The Balaban J connectivity index is 1.54. The first-order valence-corrected chi connectivity index (χ1v) is 12.2. The van der Waals surface area contributed by atoms with Crippen LogP contribution in [-0.4, -0.2) is 62.7 Å². The van der Waals surface area contributed by atoms with Crippen molar-refractivity contribution in [2.24, 2.45) is 0 Å². The van der Waals surface area contributed by atoms with Crippen LogP contribution < -0.4 is 19.7 Å². The molecule has 1 saturated carbocycles. The van der Waals surface area contributed by atoms with Gasteiger partial charge in [-0.05, 0) is 49.8 Å². The summed E-state index contributed by atoms with van der Waals surface area (Å²) in [6.07, 6.45) is 5.44. The van der Waals surface area contributed by atoms with Crippen LogP contribution >= 0.6 is 0 Å². The number of amides is 2. The van der Waals surface area contributed by atoms with Crippen LogP contribution in [0.2, 0.25) is 0 Å². The lowest BCUT2D eigenvalue weighted by atomic mass is 10.0. The van der Waals surface area contributed by atoms with E-state index in [1.807, 2.05) is 29.2 Å². The maximum Gasteiger partial charge on any atom is 0.232 e. The molecule has 1 N–H and O–H groups in total. The lowest BCUT2D eigenvalue weighted by Crippen LogP contribution is -2.56. The summed E-state index contributed by atoms with van der Waals surface area (Å²) in [5.74, 6) is 1.15. The van der Waals surface area contributed by atoms with Gasteiger partial charge >= 0.3 is 0 Å². The number of carbonyl (C=O) groups excluding carboxylic acids is 2. The van der Waals surface area contributed by atoms with Crippen LogP contribution in [-0.2, 0) is 16.0 Å². The molecular weight excluding hydrogens is 430 g/mol. The molecule has 0 spiro atoms. The highest BCUT2D eigenvalue weighted by atomic mass is 16.5. The van der Waals surface area contributed by atoms with Crippen LogP contribution in [0.1, 0.15) is 37.7 Å². The molecule has 7 nitrogen and oxygen atoms in total. The summed E-state index contributed by atoms with van der Waals surface area (Å²) >= 11 is 0. The predicted octanol–water partition coefficient (Wildman–Crippen LogP) is 3.41. The summed E-state index contributed by atoms with van der Waals surface area (Å²) in [4.78, 5) is 29.0. The molecule has 0 radical (unpaired) electrons. The number of piperazine rings is 1. The van der Waals surface area contributed by atoms with Crippen molar-refractivity contribution in [2.75, 3.05) is 38.7 Å². The topological polar surface area (TPSA) is 71.1 Å². The molecule has 182 valence electrons. The number of nitrogens with zero attached hydrogens (tertiary/aromatic N) is 2. The number of carbonyl (C=O) groups is 2. The molecule has 2 aromatic rings. The number of rotatable bonds is 8. The third-order valence-electron chi connectivity index (χ3n) is 6.82. The van der Waals surface area contributed by atoms with E-state index in [9.17, 15) is 9.59 Å². The summed E-state index contributed by atoms with van der Waals surface area (Å²) < 4.78 is 11.9. The number of anilines is 1. The van der Waals surface area contributed by atoms with Crippen molar-refractivity contribution < 1.29 is 19.1 Å². The Morgan fingerprint density at radius 3 is 2.50 bits per heavy atom. The first-order valence-electron chi connectivity index (χ1n) is 12.2. The van der Waals surface area contributed by atoms with E-state index in [-0.39, 0.29) is 30.4 Å². The van der Waals surface area contributed by atoms with Gasteiger partial charge in [0.15, 0.2) is 11.5 Å². The molecule has 7 heteroatoms. The summed E-state index contributed by atoms with van der Waals surface area (Å²) in [6.45, 7) is 1.95. The zero-order valence-corrected chi connectivity index (χ0v) is 20.2. The second-order valence-corrected chi connectivity index (χ2v) is 9.09. The summed E-state index contributed by atoms with van der Waals surface area (Å²) in [7, 11) is 3.23. The van der Waals surface area contributed by atoms with E-state index in [0.29, 0.717) is 19.6 Å². The van der Waals surface area contributed by atoms with Gasteiger partial charge in [-0.2, -0.15) is 0 Å². The second-order valence-electron chi connectivity index (χ2n) is 9.09. The maximum absolute atomic E-state index is 13.0. The van der Waals surface area contributed by atoms with Gasteiger partial charge in [0, 0.05) is 38.4 Å².